The molecule has 0 N–H and O–H groups in total. The topological polar surface area (TPSA) is 125 Å². The maximum absolute atomic E-state index is 8.96. The Kier molecular flexibility index (Phi) is 5.01. The fraction of sp³-hybridized carbons (Fsp3) is 0.222. The fourth-order valence-corrected chi connectivity index (χ4v) is 1.26. The molecule has 1 aliphatic heterocycles. The van der Waals surface area contributed by atoms with Gasteiger partial charge >= 0.3 is 5.66 Å². The van der Waals surface area contributed by atoms with Crippen LogP contribution in [0.5, 0.6) is 0 Å². The van der Waals surface area contributed by atoms with Crippen molar-refractivity contribution >= 4 is 29.6 Å². The van der Waals surface area contributed by atoms with Crippen LogP contribution in [0.3, 0.4) is 0 Å². The minimum atomic E-state index is -2.08. The first-order valence-electron chi connectivity index (χ1n) is 3.98. The third kappa shape index (κ3) is 2.02. The van der Waals surface area contributed by atoms with Crippen LogP contribution in [0.1, 0.15) is 0 Å². The molecule has 1 unspecified atom stereocenters. The predicted molar refractivity (Wildman–Crippen MR) is 53.2 cm³/mol. The first kappa shape index (κ1) is 14.8. The molecule has 0 aliphatic carbocycles. The van der Waals surface area contributed by atoms with Crippen LogP contribution in [0.15, 0.2) is 12.3 Å². The zero-order valence-electron chi connectivity index (χ0n) is 8.86. The Morgan fingerprint density at radius 3 is 1.94 bits per heavy atom. The third-order valence-electron chi connectivity index (χ3n) is 2.05. The molecule has 0 aromatic rings. The first-order valence-corrected chi connectivity index (χ1v) is 3.98. The van der Waals surface area contributed by atoms with Crippen LogP contribution in [0.25, 0.3) is 0 Å². The van der Waals surface area contributed by atoms with Gasteiger partial charge in [-0.1, -0.05) is 0 Å². The van der Waals surface area contributed by atoms with E-state index in [4.69, 9.17) is 26.3 Å². The Morgan fingerprint density at radius 2 is 1.59 bits per heavy atom. The van der Waals surface area contributed by atoms with Crippen LogP contribution in [-0.2, 0) is 0 Å². The summed E-state index contributed by atoms with van der Waals surface area (Å²) in [6.07, 6.45) is 5.60. The first-order chi connectivity index (χ1) is 7.69. The maximum atomic E-state index is 8.96. The third-order valence-corrected chi connectivity index (χ3v) is 2.05. The van der Waals surface area contributed by atoms with Gasteiger partial charge < -0.3 is 0 Å². The number of nitrogens with zero attached hydrogens (tertiary/aromatic N) is 7. The summed E-state index contributed by atoms with van der Waals surface area (Å²) in [4.78, 5) is 1.40. The second-order valence-corrected chi connectivity index (χ2v) is 2.75. The largest absolute Gasteiger partial charge is 0.313 e. The van der Waals surface area contributed by atoms with E-state index in [1.807, 2.05) is 0 Å². The molecule has 1 heterocycles. The molecule has 17 heavy (non-hydrogen) atoms. The van der Waals surface area contributed by atoms with Crippen molar-refractivity contribution in [3.63, 3.8) is 0 Å². The van der Waals surface area contributed by atoms with Gasteiger partial charge in [0.25, 0.3) is 0 Å². The Labute approximate surface area is 120 Å². The van der Waals surface area contributed by atoms with Crippen LogP contribution in [-0.4, -0.2) is 51.1 Å². The second kappa shape index (κ2) is 5.76. The van der Waals surface area contributed by atoms with Crippen LogP contribution >= 0.6 is 0 Å². The molecule has 0 amide bonds. The minimum absolute atomic E-state index is 0. The van der Waals surface area contributed by atoms with Gasteiger partial charge in [0.05, 0.1) is 6.07 Å². The molecular formula is C9H3N7Na. The Hall–Kier alpha value is -2.21. The van der Waals surface area contributed by atoms with E-state index in [0.29, 0.717) is 4.90 Å². The van der Waals surface area contributed by atoms with Crippen LogP contribution in [0, 0.1) is 56.9 Å². The Morgan fingerprint density at radius 1 is 1.00 bits per heavy atom. The van der Waals surface area contributed by atoms with Crippen molar-refractivity contribution in [1.29, 1.82) is 26.3 Å². The number of hydrogen-bond acceptors (Lipinski definition) is 7. The molecule has 1 atom stereocenters. The van der Waals surface area contributed by atoms with Crippen molar-refractivity contribution in [2.45, 2.75) is 11.7 Å². The molecule has 1 radical (unpaired) electrons. The summed E-state index contributed by atoms with van der Waals surface area (Å²) >= 11 is 0. The zero-order chi connectivity index (χ0) is 12.2. The van der Waals surface area contributed by atoms with E-state index in [9.17, 15) is 0 Å². The van der Waals surface area contributed by atoms with Gasteiger partial charge in [-0.05, 0) is 6.08 Å². The molecule has 0 aromatic carbocycles. The number of rotatable bonds is 0. The van der Waals surface area contributed by atoms with E-state index in [2.05, 4.69) is 0 Å². The molecule has 0 aromatic heterocycles. The second-order valence-electron chi connectivity index (χ2n) is 2.75. The molecule has 0 spiro atoms. The van der Waals surface area contributed by atoms with Crippen molar-refractivity contribution < 1.29 is 0 Å². The summed E-state index contributed by atoms with van der Waals surface area (Å²) in [5.41, 5.74) is -2.08. The smallest absolute Gasteiger partial charge is 0.240 e. The van der Waals surface area contributed by atoms with Gasteiger partial charge in [0.1, 0.15) is 12.1 Å². The molecule has 0 bridgehead atoms. The van der Waals surface area contributed by atoms with E-state index >= 15 is 0 Å². The Bertz CT molecular complexity index is 518. The van der Waals surface area contributed by atoms with Gasteiger partial charge in [0.15, 0.2) is 18.4 Å². The van der Waals surface area contributed by atoms with E-state index in [0.717, 1.165) is 11.1 Å². The van der Waals surface area contributed by atoms with Crippen molar-refractivity contribution in [2.75, 3.05) is 0 Å². The van der Waals surface area contributed by atoms with Crippen molar-refractivity contribution in [3.8, 4) is 30.6 Å². The van der Waals surface area contributed by atoms with Crippen LogP contribution < -0.4 is 0 Å². The monoisotopic (exact) mass is 232 g/mol. The molecule has 0 fully saturated rings. The normalized spacial score (nSPS) is 19.6. The molecule has 8 heteroatoms. The fourth-order valence-electron chi connectivity index (χ4n) is 1.26. The molecule has 75 valence electrons. The average molecular weight is 232 g/mol. The summed E-state index contributed by atoms with van der Waals surface area (Å²) in [6, 6.07) is 3.87. The average Bonchev–Trinajstić information content (AvgIpc) is 2.36. The molecule has 7 nitrogen and oxygen atoms in total. The number of hydrogen-bond donors (Lipinski definition) is 0. The van der Waals surface area contributed by atoms with Crippen LogP contribution in [0.4, 0.5) is 0 Å². The maximum Gasteiger partial charge on any atom is 0.313 e. The number of nitriles is 5. The quantitative estimate of drug-likeness (QED) is 0.400. The Balaban J connectivity index is 0.00000256. The standard InChI is InChI=1S/C9H3N7.Na/c10-3-8-1-2-15(6-13)9(4-11,5-12)16(8)7-14;/h1-2,8H;. The van der Waals surface area contributed by atoms with Gasteiger partial charge in [-0.2, -0.15) is 26.3 Å². The van der Waals surface area contributed by atoms with Gasteiger partial charge in [0, 0.05) is 35.8 Å². The van der Waals surface area contributed by atoms with Crippen LogP contribution in [0.2, 0.25) is 0 Å². The molecule has 1 aliphatic rings. The van der Waals surface area contributed by atoms with E-state index < -0.39 is 11.7 Å². The molecular weight excluding hydrogens is 229 g/mol. The molecule has 0 saturated heterocycles. The van der Waals surface area contributed by atoms with Crippen molar-refractivity contribution in [3.05, 3.63) is 12.3 Å². The van der Waals surface area contributed by atoms with Gasteiger partial charge in [0.2, 0.25) is 0 Å². The minimum Gasteiger partial charge on any atom is -0.240 e. The predicted octanol–water partition coefficient (Wildman–Crippen LogP) is -0.665. The molecule has 1 rings (SSSR count). The summed E-state index contributed by atoms with van der Waals surface area (Å²) in [5, 5.41) is 44.3. The van der Waals surface area contributed by atoms with E-state index in [1.165, 1.54) is 6.08 Å². The summed E-state index contributed by atoms with van der Waals surface area (Å²) in [5.74, 6) is 0. The van der Waals surface area contributed by atoms with Gasteiger partial charge in [-0.25, -0.2) is 9.80 Å². The zero-order valence-corrected chi connectivity index (χ0v) is 10.9. The van der Waals surface area contributed by atoms with E-state index in [-0.39, 0.29) is 29.6 Å². The van der Waals surface area contributed by atoms with Crippen molar-refractivity contribution in [1.82, 2.24) is 9.80 Å². The molecule has 0 saturated carbocycles. The SMILES string of the molecule is N#CC1C=CN(C#N)C(C#N)(C#N)N1C#N.[Na]. The summed E-state index contributed by atoms with van der Waals surface area (Å²) in [6.45, 7) is 0. The van der Waals surface area contributed by atoms with Gasteiger partial charge in [-0.3, -0.25) is 0 Å². The van der Waals surface area contributed by atoms with Crippen molar-refractivity contribution in [2.24, 2.45) is 0 Å². The summed E-state index contributed by atoms with van der Waals surface area (Å²) < 4.78 is 0. The van der Waals surface area contributed by atoms with E-state index in [1.54, 1.807) is 30.6 Å². The summed E-state index contributed by atoms with van der Waals surface area (Å²) in [7, 11) is 0. The van der Waals surface area contributed by atoms with Gasteiger partial charge in [-0.15, -0.1) is 0 Å².